The van der Waals surface area contributed by atoms with Gasteiger partial charge in [0, 0.05) is 28.7 Å². The van der Waals surface area contributed by atoms with Gasteiger partial charge in [-0.15, -0.1) is 11.8 Å². The Morgan fingerprint density at radius 2 is 2.26 bits per heavy atom. The van der Waals surface area contributed by atoms with Crippen LogP contribution in [-0.2, 0) is 10.5 Å². The number of H-pyrrole nitrogens is 1. The fourth-order valence-corrected chi connectivity index (χ4v) is 3.63. The van der Waals surface area contributed by atoms with Gasteiger partial charge in [0.25, 0.3) is 5.56 Å². The first-order chi connectivity index (χ1) is 9.24. The third-order valence-corrected chi connectivity index (χ3v) is 5.09. The second-order valence-corrected chi connectivity index (χ2v) is 6.15. The number of hydrogen-bond acceptors (Lipinski definition) is 3. The summed E-state index contributed by atoms with van der Waals surface area (Å²) in [4.78, 5) is 14.9. The summed E-state index contributed by atoms with van der Waals surface area (Å²) in [6.45, 7) is 2.97. The van der Waals surface area contributed by atoms with Crippen molar-refractivity contribution in [1.82, 2.24) is 4.98 Å². The number of aromatic amines is 1. The second-order valence-electron chi connectivity index (χ2n) is 4.92. The third-order valence-electron chi connectivity index (χ3n) is 3.57. The van der Waals surface area contributed by atoms with Crippen LogP contribution in [0.2, 0.25) is 0 Å². The number of hydrogen-bond donors (Lipinski definition) is 1. The van der Waals surface area contributed by atoms with Crippen LogP contribution in [0.1, 0.15) is 19.0 Å². The van der Waals surface area contributed by atoms with Crippen molar-refractivity contribution < 1.29 is 4.74 Å². The number of thioether (sulfide) groups is 1. The van der Waals surface area contributed by atoms with Crippen molar-refractivity contribution >= 4 is 22.5 Å². The molecule has 100 valence electrons. The third kappa shape index (κ3) is 2.69. The van der Waals surface area contributed by atoms with Crippen LogP contribution in [0.3, 0.4) is 0 Å². The molecule has 4 heteroatoms. The van der Waals surface area contributed by atoms with Gasteiger partial charge in [0.15, 0.2) is 0 Å². The van der Waals surface area contributed by atoms with E-state index in [0.717, 1.165) is 35.2 Å². The smallest absolute Gasteiger partial charge is 0.256 e. The first kappa shape index (κ1) is 12.8. The van der Waals surface area contributed by atoms with Crippen molar-refractivity contribution in [3.05, 3.63) is 46.4 Å². The van der Waals surface area contributed by atoms with Crippen LogP contribution in [0, 0.1) is 0 Å². The standard InChI is InChI=1S/C15H17NO2S/c1-10-14(6-7-18-10)19-9-12-8-11-4-2-3-5-13(11)15(17)16-12/h2-5,8,10,14H,6-7,9H2,1H3,(H,16,17). The summed E-state index contributed by atoms with van der Waals surface area (Å²) in [5, 5.41) is 2.31. The van der Waals surface area contributed by atoms with E-state index in [4.69, 9.17) is 4.74 Å². The van der Waals surface area contributed by atoms with Crippen molar-refractivity contribution in [3.8, 4) is 0 Å². The maximum atomic E-state index is 12.0. The SMILES string of the molecule is CC1OCCC1SCc1cc2ccccc2c(=O)[nH]1. The predicted octanol–water partition coefficient (Wildman–Crippen LogP) is 2.94. The molecule has 2 aromatic rings. The average molecular weight is 275 g/mol. The van der Waals surface area contributed by atoms with Gasteiger partial charge in [0.2, 0.25) is 0 Å². The molecule has 3 nitrogen and oxygen atoms in total. The molecule has 1 aromatic heterocycles. The Morgan fingerprint density at radius 1 is 1.42 bits per heavy atom. The molecule has 2 atom stereocenters. The molecular weight excluding hydrogens is 258 g/mol. The molecule has 1 N–H and O–H groups in total. The van der Waals surface area contributed by atoms with Crippen LogP contribution < -0.4 is 5.56 Å². The lowest BCUT2D eigenvalue weighted by Crippen LogP contribution is -2.14. The summed E-state index contributed by atoms with van der Waals surface area (Å²) in [7, 11) is 0. The molecule has 3 rings (SSSR count). The first-order valence-electron chi connectivity index (χ1n) is 6.58. The van der Waals surface area contributed by atoms with Crippen LogP contribution in [0.25, 0.3) is 10.8 Å². The highest BCUT2D eigenvalue weighted by atomic mass is 32.2. The number of pyridine rings is 1. The monoisotopic (exact) mass is 275 g/mol. The van der Waals surface area contributed by atoms with E-state index in [1.165, 1.54) is 0 Å². The number of rotatable bonds is 3. The Labute approximate surface area is 116 Å². The number of benzene rings is 1. The summed E-state index contributed by atoms with van der Waals surface area (Å²) in [6.07, 6.45) is 1.42. The maximum absolute atomic E-state index is 12.0. The van der Waals surface area contributed by atoms with Gasteiger partial charge in [-0.3, -0.25) is 4.79 Å². The lowest BCUT2D eigenvalue weighted by molar-refractivity contribution is 0.127. The van der Waals surface area contributed by atoms with Crippen molar-refractivity contribution in [3.63, 3.8) is 0 Å². The van der Waals surface area contributed by atoms with Gasteiger partial charge in [0.05, 0.1) is 6.10 Å². The molecule has 0 bridgehead atoms. The Bertz CT molecular complexity index is 637. The zero-order valence-corrected chi connectivity index (χ0v) is 11.7. The van der Waals surface area contributed by atoms with E-state index < -0.39 is 0 Å². The minimum absolute atomic E-state index is 0.00409. The molecule has 1 saturated heterocycles. The van der Waals surface area contributed by atoms with Gasteiger partial charge < -0.3 is 9.72 Å². The highest BCUT2D eigenvalue weighted by Gasteiger charge is 2.24. The summed E-state index contributed by atoms with van der Waals surface area (Å²) >= 11 is 1.87. The van der Waals surface area contributed by atoms with Gasteiger partial charge >= 0.3 is 0 Å². The Balaban J connectivity index is 1.80. The lowest BCUT2D eigenvalue weighted by Gasteiger charge is -2.13. The van der Waals surface area contributed by atoms with E-state index in [9.17, 15) is 4.79 Å². The van der Waals surface area contributed by atoms with E-state index in [1.807, 2.05) is 36.0 Å². The molecule has 1 aromatic carbocycles. The van der Waals surface area contributed by atoms with Gasteiger partial charge in [-0.1, -0.05) is 18.2 Å². The van der Waals surface area contributed by atoms with Crippen molar-refractivity contribution in [2.45, 2.75) is 30.5 Å². The van der Waals surface area contributed by atoms with Gasteiger partial charge in [-0.2, -0.15) is 0 Å². The van der Waals surface area contributed by atoms with Crippen molar-refractivity contribution in [2.24, 2.45) is 0 Å². The molecule has 0 aliphatic carbocycles. The number of nitrogens with one attached hydrogen (secondary N) is 1. The summed E-state index contributed by atoms with van der Waals surface area (Å²) in [5.41, 5.74) is 0.997. The summed E-state index contributed by atoms with van der Waals surface area (Å²) < 4.78 is 5.56. The van der Waals surface area contributed by atoms with Gasteiger partial charge in [-0.25, -0.2) is 0 Å². The molecule has 2 unspecified atom stereocenters. The van der Waals surface area contributed by atoms with Crippen LogP contribution in [0.5, 0.6) is 0 Å². The molecule has 1 aliphatic heterocycles. The molecule has 1 aliphatic rings. The van der Waals surface area contributed by atoms with Crippen LogP contribution in [0.4, 0.5) is 0 Å². The molecule has 0 amide bonds. The van der Waals surface area contributed by atoms with Crippen LogP contribution in [0.15, 0.2) is 35.1 Å². The van der Waals surface area contributed by atoms with E-state index in [0.29, 0.717) is 11.4 Å². The molecule has 2 heterocycles. The van der Waals surface area contributed by atoms with E-state index in [2.05, 4.69) is 18.0 Å². The first-order valence-corrected chi connectivity index (χ1v) is 7.63. The molecule has 1 fully saturated rings. The number of aromatic nitrogens is 1. The average Bonchev–Trinajstić information content (AvgIpc) is 2.82. The highest BCUT2D eigenvalue weighted by Crippen LogP contribution is 2.28. The maximum Gasteiger partial charge on any atom is 0.256 e. The van der Waals surface area contributed by atoms with Gasteiger partial charge in [0.1, 0.15) is 0 Å². The second kappa shape index (κ2) is 5.39. The highest BCUT2D eigenvalue weighted by molar-refractivity contribution is 7.99. The molecule has 0 saturated carbocycles. The fraction of sp³-hybridized carbons (Fsp3) is 0.400. The lowest BCUT2D eigenvalue weighted by atomic mass is 10.1. The molecule has 19 heavy (non-hydrogen) atoms. The number of ether oxygens (including phenoxy) is 1. The zero-order chi connectivity index (χ0) is 13.2. The van der Waals surface area contributed by atoms with Gasteiger partial charge in [-0.05, 0) is 30.9 Å². The zero-order valence-electron chi connectivity index (χ0n) is 10.9. The minimum Gasteiger partial charge on any atom is -0.377 e. The quantitative estimate of drug-likeness (QED) is 0.936. The molecule has 0 spiro atoms. The topological polar surface area (TPSA) is 42.1 Å². The van der Waals surface area contributed by atoms with Crippen molar-refractivity contribution in [2.75, 3.05) is 6.61 Å². The summed E-state index contributed by atoms with van der Waals surface area (Å²) in [6, 6.07) is 9.78. The van der Waals surface area contributed by atoms with E-state index >= 15 is 0 Å². The largest absolute Gasteiger partial charge is 0.377 e. The van der Waals surface area contributed by atoms with Crippen LogP contribution >= 0.6 is 11.8 Å². The molecular formula is C15H17NO2S. The molecule has 0 radical (unpaired) electrons. The number of fused-ring (bicyclic) bond motifs is 1. The minimum atomic E-state index is 0.00409. The van der Waals surface area contributed by atoms with Crippen molar-refractivity contribution in [1.29, 1.82) is 0 Å². The predicted molar refractivity (Wildman–Crippen MR) is 79.7 cm³/mol. The van der Waals surface area contributed by atoms with Crippen LogP contribution in [-0.4, -0.2) is 22.9 Å². The van der Waals surface area contributed by atoms with E-state index in [1.54, 1.807) is 0 Å². The fourth-order valence-electron chi connectivity index (χ4n) is 2.47. The summed E-state index contributed by atoms with van der Waals surface area (Å²) in [5.74, 6) is 0.832. The normalized spacial score (nSPS) is 23.0. The Kier molecular flexibility index (Phi) is 3.62. The Morgan fingerprint density at radius 3 is 3.05 bits per heavy atom. The Hall–Kier alpha value is -1.26. The van der Waals surface area contributed by atoms with E-state index in [-0.39, 0.29) is 5.56 Å².